The highest BCUT2D eigenvalue weighted by atomic mass is 16.1. The third-order valence-electron chi connectivity index (χ3n) is 2.49. The van der Waals surface area contributed by atoms with Gasteiger partial charge in [-0.1, -0.05) is 49.4 Å². The maximum Gasteiger partial charge on any atom is 0.163 e. The van der Waals surface area contributed by atoms with Gasteiger partial charge in [-0.15, -0.1) is 0 Å². The van der Waals surface area contributed by atoms with Crippen LogP contribution in [-0.4, -0.2) is 5.78 Å². The first kappa shape index (κ1) is 9.91. The van der Waals surface area contributed by atoms with Gasteiger partial charge in [-0.05, 0) is 17.2 Å². The Morgan fingerprint density at radius 3 is 2.60 bits per heavy atom. The summed E-state index contributed by atoms with van der Waals surface area (Å²) in [6.07, 6.45) is 1.18. The minimum absolute atomic E-state index is 0.182. The van der Waals surface area contributed by atoms with E-state index in [1.54, 1.807) is 0 Å². The third-order valence-corrected chi connectivity index (χ3v) is 2.49. The predicted molar refractivity (Wildman–Crippen MR) is 62.9 cm³/mol. The zero-order valence-electron chi connectivity index (χ0n) is 8.57. The molecule has 75 valence electrons. The van der Waals surface area contributed by atoms with E-state index < -0.39 is 0 Å². The van der Waals surface area contributed by atoms with Crippen molar-refractivity contribution >= 4 is 16.6 Å². The molecular weight excluding hydrogens is 184 g/mol. The molecule has 0 heterocycles. The maximum absolute atomic E-state index is 11.8. The molecular formula is C14H13O. The number of hydrogen-bond acceptors (Lipinski definition) is 1. The molecule has 2 aromatic rings. The first-order valence-electron chi connectivity index (χ1n) is 5.13. The molecule has 0 bridgehead atoms. The van der Waals surface area contributed by atoms with Crippen LogP contribution in [0.2, 0.25) is 0 Å². The molecule has 0 atom stereocenters. The molecule has 15 heavy (non-hydrogen) atoms. The third kappa shape index (κ3) is 1.91. The summed E-state index contributed by atoms with van der Waals surface area (Å²) in [7, 11) is 0. The molecule has 0 aliphatic carbocycles. The molecule has 0 N–H and O–H groups in total. The van der Waals surface area contributed by atoms with Crippen LogP contribution in [0.3, 0.4) is 0 Å². The predicted octanol–water partition coefficient (Wildman–Crippen LogP) is 3.64. The van der Waals surface area contributed by atoms with E-state index in [-0.39, 0.29) is 5.78 Å². The summed E-state index contributed by atoms with van der Waals surface area (Å²) in [4.78, 5) is 11.8. The number of ketones is 1. The van der Waals surface area contributed by atoms with Gasteiger partial charge in [-0.2, -0.15) is 0 Å². The zero-order chi connectivity index (χ0) is 10.7. The Morgan fingerprint density at radius 1 is 1.07 bits per heavy atom. The lowest BCUT2D eigenvalue weighted by Gasteiger charge is -2.04. The van der Waals surface area contributed by atoms with Gasteiger partial charge in [0.2, 0.25) is 0 Å². The SMILES string of the molecule is [CH2]CCC(=O)c1cccc2ccccc12. The topological polar surface area (TPSA) is 17.1 Å². The molecule has 0 aliphatic rings. The molecule has 2 aromatic carbocycles. The zero-order valence-corrected chi connectivity index (χ0v) is 8.57. The second kappa shape index (κ2) is 4.26. The van der Waals surface area contributed by atoms with Gasteiger partial charge >= 0.3 is 0 Å². The summed E-state index contributed by atoms with van der Waals surface area (Å²) in [5, 5.41) is 2.16. The number of rotatable bonds is 3. The summed E-state index contributed by atoms with van der Waals surface area (Å²) in [6, 6.07) is 13.8. The molecule has 1 radical (unpaired) electrons. The quantitative estimate of drug-likeness (QED) is 0.686. The van der Waals surface area contributed by atoms with E-state index >= 15 is 0 Å². The van der Waals surface area contributed by atoms with E-state index in [1.165, 1.54) is 0 Å². The molecule has 1 nitrogen and oxygen atoms in total. The maximum atomic E-state index is 11.8. The van der Waals surface area contributed by atoms with Gasteiger partial charge in [0.25, 0.3) is 0 Å². The fourth-order valence-electron chi connectivity index (χ4n) is 1.76. The van der Waals surface area contributed by atoms with Gasteiger partial charge in [0.15, 0.2) is 5.78 Å². The Bertz CT molecular complexity index is 480. The standard InChI is InChI=1S/C14H13O/c1-2-6-14(15)13-10-5-8-11-7-3-4-9-12(11)13/h3-5,7-10H,1-2,6H2. The Hall–Kier alpha value is -1.63. The van der Waals surface area contributed by atoms with Crippen LogP contribution in [0.25, 0.3) is 10.8 Å². The van der Waals surface area contributed by atoms with Crippen LogP contribution in [-0.2, 0) is 0 Å². The van der Waals surface area contributed by atoms with E-state index in [4.69, 9.17) is 0 Å². The van der Waals surface area contributed by atoms with Crippen molar-refractivity contribution in [3.63, 3.8) is 0 Å². The van der Waals surface area contributed by atoms with E-state index in [0.717, 1.165) is 16.3 Å². The van der Waals surface area contributed by atoms with Crippen LogP contribution >= 0.6 is 0 Å². The lowest BCUT2D eigenvalue weighted by atomic mass is 9.99. The van der Waals surface area contributed by atoms with Crippen LogP contribution in [0.5, 0.6) is 0 Å². The highest BCUT2D eigenvalue weighted by Crippen LogP contribution is 2.19. The minimum Gasteiger partial charge on any atom is -0.294 e. The van der Waals surface area contributed by atoms with Crippen molar-refractivity contribution in [3.8, 4) is 0 Å². The highest BCUT2D eigenvalue weighted by molar-refractivity contribution is 6.08. The van der Waals surface area contributed by atoms with Gasteiger partial charge in [0.1, 0.15) is 0 Å². The van der Waals surface area contributed by atoms with Crippen LogP contribution in [0, 0.1) is 6.92 Å². The first-order chi connectivity index (χ1) is 7.33. The number of benzene rings is 2. The Labute approximate surface area is 89.7 Å². The normalized spacial score (nSPS) is 10.5. The molecule has 2 rings (SSSR count). The molecule has 0 unspecified atom stereocenters. The molecule has 0 aliphatic heterocycles. The van der Waals surface area contributed by atoms with Crippen molar-refractivity contribution in [2.45, 2.75) is 12.8 Å². The number of hydrogen-bond donors (Lipinski definition) is 0. The number of carbonyl (C=O) groups is 1. The van der Waals surface area contributed by atoms with Crippen LogP contribution < -0.4 is 0 Å². The lowest BCUT2D eigenvalue weighted by molar-refractivity contribution is 0.0985. The van der Waals surface area contributed by atoms with Gasteiger partial charge in [-0.25, -0.2) is 0 Å². The monoisotopic (exact) mass is 197 g/mol. The Balaban J connectivity index is 2.56. The van der Waals surface area contributed by atoms with E-state index in [9.17, 15) is 4.79 Å². The van der Waals surface area contributed by atoms with Crippen molar-refractivity contribution in [1.82, 2.24) is 0 Å². The van der Waals surface area contributed by atoms with E-state index in [1.807, 2.05) is 42.5 Å². The number of fused-ring (bicyclic) bond motifs is 1. The van der Waals surface area contributed by atoms with Gasteiger partial charge in [0.05, 0.1) is 0 Å². The molecule has 0 amide bonds. The lowest BCUT2D eigenvalue weighted by Crippen LogP contribution is -1.98. The summed E-state index contributed by atoms with van der Waals surface area (Å²) < 4.78 is 0. The van der Waals surface area contributed by atoms with Crippen LogP contribution in [0.15, 0.2) is 42.5 Å². The molecule has 0 spiro atoms. The van der Waals surface area contributed by atoms with Gasteiger partial charge in [0, 0.05) is 12.0 Å². The van der Waals surface area contributed by atoms with E-state index in [2.05, 4.69) is 6.92 Å². The summed E-state index contributed by atoms with van der Waals surface area (Å²) >= 11 is 0. The van der Waals surface area contributed by atoms with Crippen molar-refractivity contribution < 1.29 is 4.79 Å². The van der Waals surface area contributed by atoms with Crippen molar-refractivity contribution in [3.05, 3.63) is 55.0 Å². The average molecular weight is 197 g/mol. The smallest absolute Gasteiger partial charge is 0.163 e. The van der Waals surface area contributed by atoms with Crippen molar-refractivity contribution in [2.75, 3.05) is 0 Å². The number of Topliss-reactive ketones (excluding diaryl/α,β-unsaturated/α-hetero) is 1. The summed E-state index contributed by atoms with van der Waals surface area (Å²) in [6.45, 7) is 3.71. The highest BCUT2D eigenvalue weighted by Gasteiger charge is 2.07. The Morgan fingerprint density at radius 2 is 1.80 bits per heavy atom. The molecule has 0 saturated heterocycles. The first-order valence-corrected chi connectivity index (χ1v) is 5.13. The van der Waals surface area contributed by atoms with Crippen LogP contribution in [0.4, 0.5) is 0 Å². The number of carbonyl (C=O) groups excluding carboxylic acids is 1. The van der Waals surface area contributed by atoms with Crippen LogP contribution in [0.1, 0.15) is 23.2 Å². The summed E-state index contributed by atoms with van der Waals surface area (Å²) in [5.41, 5.74) is 0.816. The van der Waals surface area contributed by atoms with Gasteiger partial charge in [-0.3, -0.25) is 4.79 Å². The average Bonchev–Trinajstić information content (AvgIpc) is 2.28. The molecule has 0 aromatic heterocycles. The van der Waals surface area contributed by atoms with Gasteiger partial charge < -0.3 is 0 Å². The summed E-state index contributed by atoms with van der Waals surface area (Å²) in [5.74, 6) is 0.182. The fourth-order valence-corrected chi connectivity index (χ4v) is 1.76. The van der Waals surface area contributed by atoms with E-state index in [0.29, 0.717) is 12.8 Å². The second-order valence-electron chi connectivity index (χ2n) is 3.55. The second-order valence-corrected chi connectivity index (χ2v) is 3.55. The van der Waals surface area contributed by atoms with Crippen molar-refractivity contribution in [2.24, 2.45) is 0 Å². The minimum atomic E-state index is 0.182. The largest absolute Gasteiger partial charge is 0.294 e. The molecule has 1 heteroatoms. The Kier molecular flexibility index (Phi) is 2.82. The van der Waals surface area contributed by atoms with Crippen molar-refractivity contribution in [1.29, 1.82) is 0 Å². The fraction of sp³-hybridized carbons (Fsp3) is 0.143. The molecule has 0 saturated carbocycles. The molecule has 0 fully saturated rings.